The molecule has 2 rings (SSSR count). The number of rotatable bonds is 2. The first kappa shape index (κ1) is 12.8. The second kappa shape index (κ2) is 5.34. The van der Waals surface area contributed by atoms with E-state index in [2.05, 4.69) is 10.3 Å². The second-order valence-corrected chi connectivity index (χ2v) is 5.56. The summed E-state index contributed by atoms with van der Waals surface area (Å²) in [5.74, 6) is -1.29. The van der Waals surface area contributed by atoms with E-state index in [-0.39, 0.29) is 12.6 Å². The van der Waals surface area contributed by atoms with E-state index in [1.807, 2.05) is 6.92 Å². The van der Waals surface area contributed by atoms with Crippen molar-refractivity contribution in [1.29, 1.82) is 0 Å². The Hall–Kier alpha value is -1.63. The molecular weight excluding hydrogens is 254 g/mol. The SMILES string of the molecule is Cc1cnc(NC(=O)N2CCC[C@H](C(=O)O)C2)s1. The van der Waals surface area contributed by atoms with Gasteiger partial charge in [-0.15, -0.1) is 11.3 Å². The molecule has 7 heteroatoms. The van der Waals surface area contributed by atoms with Crippen LogP contribution >= 0.6 is 11.3 Å². The molecule has 1 fully saturated rings. The number of nitrogens with zero attached hydrogens (tertiary/aromatic N) is 2. The highest BCUT2D eigenvalue weighted by atomic mass is 32.1. The van der Waals surface area contributed by atoms with Gasteiger partial charge in [-0.2, -0.15) is 0 Å². The summed E-state index contributed by atoms with van der Waals surface area (Å²) in [6, 6.07) is -0.268. The van der Waals surface area contributed by atoms with Crippen molar-refractivity contribution in [2.75, 3.05) is 18.4 Å². The Bertz CT molecular complexity index is 460. The highest BCUT2D eigenvalue weighted by Crippen LogP contribution is 2.20. The summed E-state index contributed by atoms with van der Waals surface area (Å²) < 4.78 is 0. The molecule has 0 saturated carbocycles. The Morgan fingerprint density at radius 1 is 1.61 bits per heavy atom. The second-order valence-electron chi connectivity index (χ2n) is 4.33. The monoisotopic (exact) mass is 269 g/mol. The van der Waals surface area contributed by atoms with Crippen molar-refractivity contribution in [3.05, 3.63) is 11.1 Å². The highest BCUT2D eigenvalue weighted by Gasteiger charge is 2.28. The zero-order chi connectivity index (χ0) is 13.1. The summed E-state index contributed by atoms with van der Waals surface area (Å²) >= 11 is 1.40. The van der Waals surface area contributed by atoms with Crippen LogP contribution in [0.15, 0.2) is 6.20 Å². The number of carbonyl (C=O) groups is 2. The van der Waals surface area contributed by atoms with E-state index in [9.17, 15) is 9.59 Å². The lowest BCUT2D eigenvalue weighted by molar-refractivity contribution is -0.143. The van der Waals surface area contributed by atoms with Crippen molar-refractivity contribution in [3.8, 4) is 0 Å². The third-order valence-corrected chi connectivity index (χ3v) is 3.72. The molecule has 1 atom stereocenters. The number of hydrogen-bond acceptors (Lipinski definition) is 4. The molecule has 1 aliphatic rings. The number of nitrogens with one attached hydrogen (secondary N) is 1. The molecule has 1 aliphatic heterocycles. The lowest BCUT2D eigenvalue weighted by Crippen LogP contribution is -2.44. The highest BCUT2D eigenvalue weighted by molar-refractivity contribution is 7.15. The number of anilines is 1. The maximum absolute atomic E-state index is 11.9. The average molecular weight is 269 g/mol. The molecule has 2 heterocycles. The summed E-state index contributed by atoms with van der Waals surface area (Å²) in [6.45, 7) is 2.78. The predicted octanol–water partition coefficient (Wildman–Crippen LogP) is 1.78. The number of aliphatic carboxylic acids is 1. The molecule has 0 bridgehead atoms. The Morgan fingerprint density at radius 3 is 3.00 bits per heavy atom. The number of aromatic nitrogens is 1. The lowest BCUT2D eigenvalue weighted by Gasteiger charge is -2.30. The first-order valence-corrected chi connectivity index (χ1v) is 6.59. The van der Waals surface area contributed by atoms with Crippen molar-refractivity contribution in [2.24, 2.45) is 5.92 Å². The first-order chi connectivity index (χ1) is 8.56. The number of carboxylic acid groups (broad SMARTS) is 1. The zero-order valence-electron chi connectivity index (χ0n) is 10.0. The number of carbonyl (C=O) groups excluding carboxylic acids is 1. The van der Waals surface area contributed by atoms with Crippen molar-refractivity contribution in [2.45, 2.75) is 19.8 Å². The van der Waals surface area contributed by atoms with Crippen molar-refractivity contribution in [3.63, 3.8) is 0 Å². The van der Waals surface area contributed by atoms with Gasteiger partial charge in [-0.1, -0.05) is 0 Å². The number of aryl methyl sites for hydroxylation is 1. The van der Waals surface area contributed by atoms with Crippen LogP contribution in [-0.4, -0.2) is 40.1 Å². The van der Waals surface area contributed by atoms with Crippen LogP contribution in [0.2, 0.25) is 0 Å². The molecule has 0 aromatic carbocycles. The Kier molecular flexibility index (Phi) is 3.81. The maximum atomic E-state index is 11.9. The van der Waals surface area contributed by atoms with Gasteiger partial charge >= 0.3 is 12.0 Å². The molecule has 1 saturated heterocycles. The summed E-state index contributed by atoms with van der Waals surface area (Å²) in [4.78, 5) is 29.5. The van der Waals surface area contributed by atoms with Gasteiger partial charge in [0.25, 0.3) is 0 Å². The summed E-state index contributed by atoms with van der Waals surface area (Å²) in [5, 5.41) is 12.2. The van der Waals surface area contributed by atoms with Crippen LogP contribution in [0.1, 0.15) is 17.7 Å². The number of amides is 2. The molecule has 2 amide bonds. The van der Waals surface area contributed by atoms with E-state index in [1.165, 1.54) is 11.3 Å². The van der Waals surface area contributed by atoms with Gasteiger partial charge in [0.1, 0.15) is 0 Å². The zero-order valence-corrected chi connectivity index (χ0v) is 10.9. The third-order valence-electron chi connectivity index (χ3n) is 2.89. The molecule has 1 aromatic heterocycles. The van der Waals surface area contributed by atoms with Crippen LogP contribution in [-0.2, 0) is 4.79 Å². The molecule has 0 radical (unpaired) electrons. The van der Waals surface area contributed by atoms with Crippen LogP contribution in [0.4, 0.5) is 9.93 Å². The number of urea groups is 1. The van der Waals surface area contributed by atoms with Crippen LogP contribution in [0.5, 0.6) is 0 Å². The minimum Gasteiger partial charge on any atom is -0.481 e. The van der Waals surface area contributed by atoms with Gasteiger partial charge in [0.15, 0.2) is 5.13 Å². The van der Waals surface area contributed by atoms with Gasteiger partial charge in [0.2, 0.25) is 0 Å². The Labute approximate surface area is 109 Å². The molecule has 1 aromatic rings. The fraction of sp³-hybridized carbons (Fsp3) is 0.545. The summed E-state index contributed by atoms with van der Waals surface area (Å²) in [5.41, 5.74) is 0. The van der Waals surface area contributed by atoms with Crippen LogP contribution in [0.3, 0.4) is 0 Å². The van der Waals surface area contributed by atoms with Gasteiger partial charge in [0.05, 0.1) is 5.92 Å². The minimum atomic E-state index is -0.836. The van der Waals surface area contributed by atoms with Gasteiger partial charge in [-0.3, -0.25) is 10.1 Å². The number of thiazole rings is 1. The summed E-state index contributed by atoms with van der Waals surface area (Å²) in [7, 11) is 0. The van der Waals surface area contributed by atoms with Gasteiger partial charge in [0, 0.05) is 24.2 Å². The van der Waals surface area contributed by atoms with E-state index in [0.717, 1.165) is 11.3 Å². The van der Waals surface area contributed by atoms with E-state index in [1.54, 1.807) is 11.1 Å². The van der Waals surface area contributed by atoms with E-state index < -0.39 is 11.9 Å². The summed E-state index contributed by atoms with van der Waals surface area (Å²) in [6.07, 6.45) is 3.05. The normalized spacial score (nSPS) is 19.6. The Morgan fingerprint density at radius 2 is 2.39 bits per heavy atom. The quantitative estimate of drug-likeness (QED) is 0.857. The molecule has 18 heavy (non-hydrogen) atoms. The van der Waals surface area contributed by atoms with Gasteiger partial charge < -0.3 is 10.0 Å². The smallest absolute Gasteiger partial charge is 0.323 e. The van der Waals surface area contributed by atoms with Gasteiger partial charge in [-0.05, 0) is 19.8 Å². The Balaban J connectivity index is 1.94. The van der Waals surface area contributed by atoms with E-state index in [4.69, 9.17) is 5.11 Å². The largest absolute Gasteiger partial charge is 0.481 e. The average Bonchev–Trinajstić information content (AvgIpc) is 2.75. The fourth-order valence-electron chi connectivity index (χ4n) is 1.95. The molecule has 6 nitrogen and oxygen atoms in total. The van der Waals surface area contributed by atoms with Crippen molar-refractivity contribution >= 4 is 28.5 Å². The number of piperidine rings is 1. The number of likely N-dealkylation sites (tertiary alicyclic amines) is 1. The molecule has 0 aliphatic carbocycles. The molecule has 98 valence electrons. The van der Waals surface area contributed by atoms with Crippen molar-refractivity contribution in [1.82, 2.24) is 9.88 Å². The molecular formula is C11H15N3O3S. The molecule has 2 N–H and O–H groups in total. The molecule has 0 unspecified atom stereocenters. The van der Waals surface area contributed by atoms with Crippen molar-refractivity contribution < 1.29 is 14.7 Å². The van der Waals surface area contributed by atoms with Crippen LogP contribution < -0.4 is 5.32 Å². The number of hydrogen-bond donors (Lipinski definition) is 2. The minimum absolute atomic E-state index is 0.268. The topological polar surface area (TPSA) is 82.5 Å². The standard InChI is InChI=1S/C11H15N3O3S/c1-7-5-12-10(18-7)13-11(17)14-4-2-3-8(6-14)9(15)16/h5,8H,2-4,6H2,1H3,(H,15,16)(H,12,13,17)/t8-/m0/s1. The van der Waals surface area contributed by atoms with Gasteiger partial charge in [-0.25, -0.2) is 9.78 Å². The maximum Gasteiger partial charge on any atom is 0.323 e. The molecule has 0 spiro atoms. The van der Waals surface area contributed by atoms with Crippen LogP contribution in [0.25, 0.3) is 0 Å². The number of carboxylic acids is 1. The third kappa shape index (κ3) is 2.98. The van der Waals surface area contributed by atoms with E-state index >= 15 is 0 Å². The lowest BCUT2D eigenvalue weighted by atomic mass is 9.99. The van der Waals surface area contributed by atoms with Crippen LogP contribution in [0, 0.1) is 12.8 Å². The first-order valence-electron chi connectivity index (χ1n) is 5.77. The predicted molar refractivity (Wildman–Crippen MR) is 67.8 cm³/mol. The van der Waals surface area contributed by atoms with E-state index in [0.29, 0.717) is 18.1 Å². The fourth-order valence-corrected chi connectivity index (χ4v) is 2.60.